The van der Waals surface area contributed by atoms with Gasteiger partial charge in [0.15, 0.2) is 0 Å². The summed E-state index contributed by atoms with van der Waals surface area (Å²) in [5.74, 6) is 0. The van der Waals surface area contributed by atoms with Crippen molar-refractivity contribution in [1.82, 2.24) is 0 Å². The van der Waals surface area contributed by atoms with Crippen LogP contribution in [0.15, 0.2) is 201 Å². The van der Waals surface area contributed by atoms with Gasteiger partial charge in [-0.15, -0.1) is 0 Å². The lowest BCUT2D eigenvalue weighted by Crippen LogP contribution is -2.24. The molecule has 73 heavy (non-hydrogen) atoms. The van der Waals surface area contributed by atoms with E-state index in [1.807, 2.05) is 12.1 Å². The Hall–Kier alpha value is -8.60. The molecule has 10 aromatic carbocycles. The summed E-state index contributed by atoms with van der Waals surface area (Å²) in [6.07, 6.45) is 0. The quantitative estimate of drug-likeness (QED) is 0.176. The second-order valence-electron chi connectivity index (χ2n) is 22.3. The van der Waals surface area contributed by atoms with Gasteiger partial charge >= 0.3 is 0 Å². The van der Waals surface area contributed by atoms with E-state index in [1.54, 1.807) is 0 Å². The second kappa shape index (κ2) is 13.9. The van der Waals surface area contributed by atoms with Crippen LogP contribution in [0, 0.1) is 0 Å². The first-order valence-electron chi connectivity index (χ1n) is 25.7. The number of fused-ring (bicyclic) bond motifs is 22. The summed E-state index contributed by atoms with van der Waals surface area (Å²) in [6, 6.07) is 68.7. The molecule has 348 valence electrons. The van der Waals surface area contributed by atoms with Gasteiger partial charge in [-0.3, -0.25) is 0 Å². The third-order valence-electron chi connectivity index (χ3n) is 17.4. The van der Waals surface area contributed by atoms with Crippen LogP contribution in [0.4, 0.5) is 17.1 Å². The van der Waals surface area contributed by atoms with E-state index < -0.39 is 0 Å². The van der Waals surface area contributed by atoms with Gasteiger partial charge in [0.25, 0.3) is 0 Å². The average Bonchev–Trinajstić information content (AvgIpc) is 4.23. The molecule has 0 atom stereocenters. The maximum atomic E-state index is 6.99. The van der Waals surface area contributed by atoms with Crippen LogP contribution in [0.25, 0.3) is 110 Å². The Balaban J connectivity index is 0.891. The molecule has 16 rings (SSSR count). The van der Waals surface area contributed by atoms with Gasteiger partial charge in [-0.05, 0) is 140 Å². The molecule has 0 saturated heterocycles. The number of hydrogen-bond donors (Lipinski definition) is 0. The number of hydrogen-bond acceptors (Lipinski definition) is 4. The molecule has 0 spiro atoms. The fourth-order valence-corrected chi connectivity index (χ4v) is 14.0. The number of rotatable bonds is 4. The van der Waals surface area contributed by atoms with Gasteiger partial charge in [-0.1, -0.05) is 157 Å². The number of anilines is 3. The molecule has 0 unspecified atom stereocenters. The van der Waals surface area contributed by atoms with Crippen LogP contribution < -0.4 is 4.90 Å². The highest BCUT2D eigenvalue weighted by Gasteiger charge is 2.49. The fourth-order valence-electron chi connectivity index (χ4n) is 14.0. The lowest BCUT2D eigenvalue weighted by Gasteiger charge is -2.32. The summed E-state index contributed by atoms with van der Waals surface area (Å²) in [7, 11) is 0. The smallest absolute Gasteiger partial charge is 0.144 e. The van der Waals surface area contributed by atoms with E-state index in [2.05, 4.69) is 222 Å². The highest BCUT2D eigenvalue weighted by atomic mass is 16.3. The highest BCUT2D eigenvalue weighted by Crippen LogP contribution is 2.64. The normalized spacial score (nSPS) is 15.3. The predicted octanol–water partition coefficient (Wildman–Crippen LogP) is 19.4. The first kappa shape index (κ1) is 41.1. The van der Waals surface area contributed by atoms with E-state index in [0.29, 0.717) is 0 Å². The van der Waals surface area contributed by atoms with Crippen molar-refractivity contribution in [2.75, 3.05) is 4.90 Å². The lowest BCUT2D eigenvalue weighted by molar-refractivity contribution is 0.600. The molecule has 0 fully saturated rings. The number of benzene rings is 10. The molecule has 0 amide bonds. The van der Waals surface area contributed by atoms with Crippen LogP contribution in [0.3, 0.4) is 0 Å². The molecule has 0 N–H and O–H groups in total. The molecule has 4 heteroatoms. The van der Waals surface area contributed by atoms with E-state index in [1.165, 1.54) is 77.5 Å². The monoisotopic (exact) mass is 939 g/mol. The van der Waals surface area contributed by atoms with Gasteiger partial charge in [0.2, 0.25) is 0 Å². The summed E-state index contributed by atoms with van der Waals surface area (Å²) in [4.78, 5) is 2.46. The van der Waals surface area contributed by atoms with Crippen molar-refractivity contribution in [1.29, 1.82) is 0 Å². The van der Waals surface area contributed by atoms with Crippen molar-refractivity contribution in [2.24, 2.45) is 0 Å². The molecule has 0 radical (unpaired) electrons. The van der Waals surface area contributed by atoms with Gasteiger partial charge in [-0.2, -0.15) is 0 Å². The Morgan fingerprint density at radius 3 is 1.55 bits per heavy atom. The molecule has 3 aliphatic carbocycles. The third-order valence-corrected chi connectivity index (χ3v) is 17.4. The molecule has 3 heterocycles. The predicted molar refractivity (Wildman–Crippen MR) is 301 cm³/mol. The fraction of sp³-hybridized carbons (Fsp3) is 0.130. The van der Waals surface area contributed by atoms with Crippen LogP contribution in [-0.4, -0.2) is 0 Å². The van der Waals surface area contributed by atoms with Crippen molar-refractivity contribution >= 4 is 82.9 Å². The van der Waals surface area contributed by atoms with Crippen LogP contribution >= 0.6 is 0 Å². The van der Waals surface area contributed by atoms with Gasteiger partial charge in [0, 0.05) is 76.8 Å². The van der Waals surface area contributed by atoms with Gasteiger partial charge < -0.3 is 18.2 Å². The lowest BCUT2D eigenvalue weighted by atomic mass is 9.72. The van der Waals surface area contributed by atoms with Crippen molar-refractivity contribution in [3.05, 3.63) is 221 Å². The minimum Gasteiger partial charge on any atom is -0.456 e. The summed E-state index contributed by atoms with van der Waals surface area (Å²) in [6.45, 7) is 14.5. The van der Waals surface area contributed by atoms with Crippen LogP contribution in [0.1, 0.15) is 74.9 Å². The Labute approximate surface area is 422 Å². The number of furan rings is 3. The van der Waals surface area contributed by atoms with Crippen molar-refractivity contribution < 1.29 is 13.3 Å². The summed E-state index contributed by atoms with van der Waals surface area (Å²) in [5, 5.41) is 6.89. The molecule has 13 aromatic rings. The van der Waals surface area contributed by atoms with E-state index in [0.717, 1.165) is 83.2 Å². The zero-order valence-corrected chi connectivity index (χ0v) is 41.6. The first-order chi connectivity index (χ1) is 35.5. The minimum atomic E-state index is -0.345. The van der Waals surface area contributed by atoms with Crippen molar-refractivity contribution in [3.63, 3.8) is 0 Å². The minimum absolute atomic E-state index is 0.229. The van der Waals surface area contributed by atoms with Gasteiger partial charge in [-0.25, -0.2) is 0 Å². The van der Waals surface area contributed by atoms with Gasteiger partial charge in [0.05, 0.1) is 0 Å². The molecular formula is C69H49NO3. The van der Waals surface area contributed by atoms with Crippen molar-refractivity contribution in [3.8, 4) is 44.5 Å². The molecular weight excluding hydrogens is 891 g/mol. The zero-order chi connectivity index (χ0) is 48.9. The number of nitrogens with zero attached hydrogens (tertiary/aromatic N) is 1. The Kier molecular flexibility index (Phi) is 7.80. The Morgan fingerprint density at radius 2 is 0.836 bits per heavy atom. The topological polar surface area (TPSA) is 42.7 Å². The maximum absolute atomic E-state index is 6.99. The largest absolute Gasteiger partial charge is 0.456 e. The molecule has 0 saturated carbocycles. The summed E-state index contributed by atoms with van der Waals surface area (Å²) >= 11 is 0. The van der Waals surface area contributed by atoms with E-state index in [-0.39, 0.29) is 16.2 Å². The standard InChI is InChI=1S/C69H49NO3/c1-67(2)51-35-40(29-31-44(51)58-53(67)37-48(65-60(58)46-22-12-16-26-55(46)72-65)38-28-33-57-49(34-38)42-20-11-15-25-54(42)71-57)70(39-18-8-7-9-19-39)41-30-32-45-52(36-41)69(5,6)63-59(45)61-47-23-13-17-27-56(47)73-66(61)62-43-21-10-14-24-50(43)68(3,4)64(62)63/h7-37H,1-6H3. The van der Waals surface area contributed by atoms with E-state index in [9.17, 15) is 0 Å². The SMILES string of the molecule is CC1(C)c2cc(N(c3ccccc3)c3ccc4c(c3)C(C)(C)c3c5c(c6oc7ccccc7c6c3-4)-c3ccccc3C5(C)C)ccc2-c2c1cc(-c1ccc3oc4ccccc4c3c1)c1oc3ccccc3c21. The van der Waals surface area contributed by atoms with Crippen LogP contribution in [-0.2, 0) is 16.2 Å². The molecule has 3 aromatic heterocycles. The molecule has 3 aliphatic rings. The van der Waals surface area contributed by atoms with Crippen molar-refractivity contribution in [2.45, 2.75) is 57.8 Å². The third kappa shape index (κ3) is 5.20. The summed E-state index contributed by atoms with van der Waals surface area (Å²) in [5.41, 5.74) is 25.8. The average molecular weight is 940 g/mol. The summed E-state index contributed by atoms with van der Waals surface area (Å²) < 4.78 is 20.2. The van der Waals surface area contributed by atoms with Crippen LogP contribution in [0.2, 0.25) is 0 Å². The first-order valence-corrected chi connectivity index (χ1v) is 25.7. The molecule has 0 aliphatic heterocycles. The maximum Gasteiger partial charge on any atom is 0.144 e. The van der Waals surface area contributed by atoms with Crippen LogP contribution in [0.5, 0.6) is 0 Å². The van der Waals surface area contributed by atoms with E-state index in [4.69, 9.17) is 13.3 Å². The van der Waals surface area contributed by atoms with E-state index >= 15 is 0 Å². The zero-order valence-electron chi connectivity index (χ0n) is 41.6. The second-order valence-corrected chi connectivity index (χ2v) is 22.3. The molecule has 0 bridgehead atoms. The molecule has 4 nitrogen and oxygen atoms in total. The van der Waals surface area contributed by atoms with Gasteiger partial charge in [0.1, 0.15) is 33.5 Å². The highest BCUT2D eigenvalue weighted by molar-refractivity contribution is 6.22. The Morgan fingerprint density at radius 1 is 0.315 bits per heavy atom. The Bertz CT molecular complexity index is 4590. The number of para-hydroxylation sites is 4.